The molecule has 5 rings (SSSR count). The summed E-state index contributed by atoms with van der Waals surface area (Å²) in [6.45, 7) is 2.64. The Hall–Kier alpha value is -2.43. The van der Waals surface area contributed by atoms with Crippen LogP contribution >= 0.6 is 0 Å². The Morgan fingerprint density at radius 2 is 1.96 bits per heavy atom. The summed E-state index contributed by atoms with van der Waals surface area (Å²) >= 11 is 0. The SMILES string of the molecule is O=C1Cc2ccccc2/C1=C1\OCc2cc(CN3CCCCC3CO)ccc21. The first-order chi connectivity index (χ1) is 13.7. The summed E-state index contributed by atoms with van der Waals surface area (Å²) in [4.78, 5) is 15.0. The minimum atomic E-state index is 0.146. The molecule has 1 aliphatic carbocycles. The molecule has 4 nitrogen and oxygen atoms in total. The summed E-state index contributed by atoms with van der Waals surface area (Å²) < 4.78 is 6.03. The third kappa shape index (κ3) is 2.97. The third-order valence-corrected chi connectivity index (χ3v) is 6.28. The fourth-order valence-corrected chi connectivity index (χ4v) is 4.81. The number of likely N-dealkylation sites (tertiary alicyclic amines) is 1. The third-order valence-electron chi connectivity index (χ3n) is 6.28. The van der Waals surface area contributed by atoms with Gasteiger partial charge in [0.1, 0.15) is 12.4 Å². The van der Waals surface area contributed by atoms with Gasteiger partial charge in [-0.3, -0.25) is 9.69 Å². The number of Topliss-reactive ketones (excluding diaryl/α,β-unsaturated/α-hetero) is 1. The van der Waals surface area contributed by atoms with E-state index in [1.54, 1.807) is 0 Å². The van der Waals surface area contributed by atoms with E-state index < -0.39 is 0 Å². The predicted octanol–water partition coefficient (Wildman–Crippen LogP) is 3.56. The highest BCUT2D eigenvalue weighted by atomic mass is 16.5. The zero-order chi connectivity index (χ0) is 19.1. The second-order valence-corrected chi connectivity index (χ2v) is 8.04. The number of nitrogens with zero attached hydrogens (tertiary/aromatic N) is 1. The average Bonchev–Trinajstić information content (AvgIpc) is 3.27. The van der Waals surface area contributed by atoms with E-state index in [0.717, 1.165) is 53.1 Å². The number of carbonyl (C=O) groups excluding carboxylic acids is 1. The fourth-order valence-electron chi connectivity index (χ4n) is 4.81. The van der Waals surface area contributed by atoms with Gasteiger partial charge in [-0.1, -0.05) is 48.9 Å². The van der Waals surface area contributed by atoms with Crippen molar-refractivity contribution in [3.05, 3.63) is 70.3 Å². The van der Waals surface area contributed by atoms with Crippen molar-refractivity contribution in [2.24, 2.45) is 0 Å². The van der Waals surface area contributed by atoms with Crippen LogP contribution in [-0.2, 0) is 29.1 Å². The van der Waals surface area contributed by atoms with Crippen molar-refractivity contribution >= 4 is 17.1 Å². The van der Waals surface area contributed by atoms with Crippen LogP contribution < -0.4 is 0 Å². The lowest BCUT2D eigenvalue weighted by molar-refractivity contribution is -0.112. The molecule has 1 fully saturated rings. The minimum Gasteiger partial charge on any atom is -0.487 e. The van der Waals surface area contributed by atoms with Crippen LogP contribution in [0.2, 0.25) is 0 Å². The number of carbonyl (C=O) groups is 1. The lowest BCUT2D eigenvalue weighted by Gasteiger charge is -2.34. The van der Waals surface area contributed by atoms with E-state index in [9.17, 15) is 9.90 Å². The van der Waals surface area contributed by atoms with Gasteiger partial charge >= 0.3 is 0 Å². The molecule has 0 saturated carbocycles. The Kier molecular flexibility index (Phi) is 4.53. The first-order valence-electron chi connectivity index (χ1n) is 10.2. The number of rotatable bonds is 3. The number of hydrogen-bond donors (Lipinski definition) is 1. The van der Waals surface area contributed by atoms with Gasteiger partial charge in [-0.15, -0.1) is 0 Å². The van der Waals surface area contributed by atoms with Gasteiger partial charge in [-0.25, -0.2) is 0 Å². The number of allylic oxidation sites excluding steroid dienone is 1. The summed E-state index contributed by atoms with van der Waals surface area (Å²) in [7, 11) is 0. The molecule has 2 aliphatic heterocycles. The Labute approximate surface area is 165 Å². The molecule has 0 bridgehead atoms. The zero-order valence-corrected chi connectivity index (χ0v) is 16.0. The molecule has 0 spiro atoms. The maximum Gasteiger partial charge on any atom is 0.171 e. The number of aliphatic hydroxyl groups excluding tert-OH is 1. The van der Waals surface area contributed by atoms with Crippen LogP contribution in [0.4, 0.5) is 0 Å². The molecular weight excluding hydrogens is 350 g/mol. The highest BCUT2D eigenvalue weighted by Crippen LogP contribution is 2.41. The zero-order valence-electron chi connectivity index (χ0n) is 16.0. The Balaban J connectivity index is 1.46. The van der Waals surface area contributed by atoms with Crippen LogP contribution in [0, 0.1) is 0 Å². The standard InChI is InChI=1S/C24H25NO3/c26-14-19-6-3-4-10-25(19)13-16-8-9-21-18(11-16)15-28-24(21)23-20-7-2-1-5-17(20)12-22(23)27/h1-2,5,7-9,11,19,26H,3-4,6,10,12-15H2/b24-23+. The van der Waals surface area contributed by atoms with Crippen LogP contribution in [-0.4, -0.2) is 35.0 Å². The van der Waals surface area contributed by atoms with Gasteiger partial charge in [0.15, 0.2) is 5.78 Å². The first kappa shape index (κ1) is 17.7. The molecule has 2 heterocycles. The van der Waals surface area contributed by atoms with E-state index in [1.807, 2.05) is 24.3 Å². The molecule has 0 aromatic heterocycles. The smallest absolute Gasteiger partial charge is 0.171 e. The van der Waals surface area contributed by atoms with Gasteiger partial charge in [0.2, 0.25) is 0 Å². The molecule has 1 unspecified atom stereocenters. The summed E-state index contributed by atoms with van der Waals surface area (Å²) in [6, 6.07) is 14.7. The van der Waals surface area contributed by atoms with E-state index in [2.05, 4.69) is 23.1 Å². The summed E-state index contributed by atoms with van der Waals surface area (Å²) in [5, 5.41) is 9.66. The number of benzene rings is 2. The molecule has 28 heavy (non-hydrogen) atoms. The molecule has 0 amide bonds. The van der Waals surface area contributed by atoms with Crippen molar-refractivity contribution in [3.63, 3.8) is 0 Å². The van der Waals surface area contributed by atoms with Crippen LogP contribution in [0.1, 0.15) is 47.1 Å². The van der Waals surface area contributed by atoms with Crippen molar-refractivity contribution in [1.82, 2.24) is 4.90 Å². The molecule has 0 radical (unpaired) electrons. The molecule has 3 aliphatic rings. The summed E-state index contributed by atoms with van der Waals surface area (Å²) in [5.41, 5.74) is 6.27. The largest absolute Gasteiger partial charge is 0.487 e. The van der Waals surface area contributed by atoms with Gasteiger partial charge in [0.25, 0.3) is 0 Å². The number of ether oxygens (including phenoxy) is 1. The molecule has 2 aromatic rings. The average molecular weight is 375 g/mol. The van der Waals surface area contributed by atoms with Gasteiger partial charge < -0.3 is 9.84 Å². The molecule has 4 heteroatoms. The minimum absolute atomic E-state index is 0.146. The topological polar surface area (TPSA) is 49.8 Å². The van der Waals surface area contributed by atoms with E-state index in [4.69, 9.17) is 4.74 Å². The predicted molar refractivity (Wildman–Crippen MR) is 108 cm³/mol. The van der Waals surface area contributed by atoms with E-state index >= 15 is 0 Å². The van der Waals surface area contributed by atoms with Crippen molar-refractivity contribution in [2.75, 3.05) is 13.2 Å². The first-order valence-corrected chi connectivity index (χ1v) is 10.2. The van der Waals surface area contributed by atoms with Crippen molar-refractivity contribution < 1.29 is 14.6 Å². The summed E-state index contributed by atoms with van der Waals surface area (Å²) in [5.74, 6) is 0.884. The lowest BCUT2D eigenvalue weighted by atomic mass is 9.98. The normalized spacial score (nSPS) is 24.2. The molecular formula is C24H25NO3. The van der Waals surface area contributed by atoms with Crippen molar-refractivity contribution in [3.8, 4) is 0 Å². The second kappa shape index (κ2) is 7.19. The summed E-state index contributed by atoms with van der Waals surface area (Å²) in [6.07, 6.45) is 3.93. The second-order valence-electron chi connectivity index (χ2n) is 8.04. The van der Waals surface area contributed by atoms with Gasteiger partial charge in [-0.2, -0.15) is 0 Å². The van der Waals surface area contributed by atoms with Crippen molar-refractivity contribution in [1.29, 1.82) is 0 Å². The Morgan fingerprint density at radius 1 is 1.07 bits per heavy atom. The van der Waals surface area contributed by atoms with Crippen LogP contribution in [0.25, 0.3) is 11.3 Å². The van der Waals surface area contributed by atoms with Crippen LogP contribution in [0.5, 0.6) is 0 Å². The molecule has 1 atom stereocenters. The van der Waals surface area contributed by atoms with Crippen LogP contribution in [0.15, 0.2) is 42.5 Å². The maximum atomic E-state index is 12.7. The number of piperidine rings is 1. The Morgan fingerprint density at radius 3 is 2.86 bits per heavy atom. The Bertz CT molecular complexity index is 962. The highest BCUT2D eigenvalue weighted by molar-refractivity contribution is 6.31. The quantitative estimate of drug-likeness (QED) is 0.834. The maximum absolute atomic E-state index is 12.7. The van der Waals surface area contributed by atoms with Crippen molar-refractivity contribution in [2.45, 2.75) is 44.9 Å². The van der Waals surface area contributed by atoms with E-state index in [1.165, 1.54) is 18.4 Å². The number of hydrogen-bond acceptors (Lipinski definition) is 4. The molecule has 1 N–H and O–H groups in total. The molecule has 1 saturated heterocycles. The fraction of sp³-hybridized carbons (Fsp3) is 0.375. The van der Waals surface area contributed by atoms with Crippen LogP contribution in [0.3, 0.4) is 0 Å². The van der Waals surface area contributed by atoms with Gasteiger partial charge in [0, 0.05) is 30.1 Å². The number of ketones is 1. The monoisotopic (exact) mass is 375 g/mol. The number of aliphatic hydroxyl groups is 1. The lowest BCUT2D eigenvalue weighted by Crippen LogP contribution is -2.41. The molecule has 2 aromatic carbocycles. The molecule has 144 valence electrons. The van der Waals surface area contributed by atoms with E-state index in [0.29, 0.717) is 13.0 Å². The number of fused-ring (bicyclic) bond motifs is 2. The van der Waals surface area contributed by atoms with Gasteiger partial charge in [-0.05, 0) is 36.1 Å². The van der Waals surface area contributed by atoms with Gasteiger partial charge in [0.05, 0.1) is 12.2 Å². The highest BCUT2D eigenvalue weighted by Gasteiger charge is 2.32. The van der Waals surface area contributed by atoms with E-state index in [-0.39, 0.29) is 18.4 Å².